The van der Waals surface area contributed by atoms with Gasteiger partial charge in [-0.25, -0.2) is 0 Å². The Hall–Kier alpha value is -1.03. The molecule has 0 fully saturated rings. The Labute approximate surface area is 110 Å². The molecule has 0 heterocycles. The zero-order valence-electron chi connectivity index (χ0n) is 9.95. The zero-order valence-corrected chi connectivity index (χ0v) is 11.5. The summed E-state index contributed by atoms with van der Waals surface area (Å²) in [7, 11) is 0. The molecule has 1 aromatic rings. The van der Waals surface area contributed by atoms with Crippen molar-refractivity contribution in [3.8, 4) is 5.75 Å². The van der Waals surface area contributed by atoms with E-state index in [-0.39, 0.29) is 11.7 Å². The molecule has 0 bridgehead atoms. The van der Waals surface area contributed by atoms with Crippen molar-refractivity contribution in [1.29, 1.82) is 0 Å². The van der Waals surface area contributed by atoms with Gasteiger partial charge >= 0.3 is 0 Å². The fraction of sp³-hybridized carbons (Fsp3) is 0.462. The summed E-state index contributed by atoms with van der Waals surface area (Å²) in [6.45, 7) is 2.82. The van der Waals surface area contributed by atoms with Gasteiger partial charge in [0.05, 0.1) is 0 Å². The predicted octanol–water partition coefficient (Wildman–Crippen LogP) is 2.93. The molecule has 0 radical (unpaired) electrons. The predicted molar refractivity (Wildman–Crippen MR) is 72.6 cm³/mol. The van der Waals surface area contributed by atoms with Crippen molar-refractivity contribution in [3.63, 3.8) is 0 Å². The number of amides is 1. The van der Waals surface area contributed by atoms with Gasteiger partial charge in [-0.2, -0.15) is 0 Å². The maximum absolute atomic E-state index is 11.8. The van der Waals surface area contributed by atoms with Crippen molar-refractivity contribution >= 4 is 21.8 Å². The van der Waals surface area contributed by atoms with Crippen LogP contribution in [-0.2, 0) is 0 Å². The van der Waals surface area contributed by atoms with Crippen molar-refractivity contribution < 1.29 is 9.90 Å². The maximum atomic E-state index is 11.8. The number of nitrogens with one attached hydrogen (secondary N) is 1. The zero-order chi connectivity index (χ0) is 12.7. The molecule has 2 N–H and O–H groups in total. The van der Waals surface area contributed by atoms with E-state index >= 15 is 0 Å². The van der Waals surface area contributed by atoms with E-state index in [0.717, 1.165) is 18.2 Å². The van der Waals surface area contributed by atoms with Crippen molar-refractivity contribution in [2.45, 2.75) is 19.8 Å². The van der Waals surface area contributed by atoms with Gasteiger partial charge in [0.1, 0.15) is 5.75 Å². The molecule has 1 unspecified atom stereocenters. The molecular weight excluding hydrogens is 282 g/mol. The monoisotopic (exact) mass is 299 g/mol. The summed E-state index contributed by atoms with van der Waals surface area (Å²) in [4.78, 5) is 11.8. The summed E-state index contributed by atoms with van der Waals surface area (Å²) in [5.41, 5.74) is 0.580. The summed E-state index contributed by atoms with van der Waals surface area (Å²) >= 11 is 3.41. The second-order valence-electron chi connectivity index (χ2n) is 4.01. The van der Waals surface area contributed by atoms with E-state index < -0.39 is 0 Å². The molecule has 3 nitrogen and oxygen atoms in total. The third kappa shape index (κ3) is 4.77. The smallest absolute Gasteiger partial charge is 0.251 e. The SMILES string of the molecule is CCC(CCBr)CNC(=O)c1ccc(O)cc1. The molecule has 0 aliphatic heterocycles. The molecule has 0 saturated heterocycles. The number of carbonyl (C=O) groups excluding carboxylic acids is 1. The third-order valence-corrected chi connectivity index (χ3v) is 3.23. The lowest BCUT2D eigenvalue weighted by atomic mass is 10.0. The minimum atomic E-state index is -0.0852. The first-order chi connectivity index (χ1) is 8.17. The van der Waals surface area contributed by atoms with Gasteiger partial charge in [-0.1, -0.05) is 29.3 Å². The van der Waals surface area contributed by atoms with Crippen LogP contribution in [0.5, 0.6) is 5.75 Å². The number of rotatable bonds is 6. The fourth-order valence-corrected chi connectivity index (χ4v) is 2.20. The highest BCUT2D eigenvalue weighted by molar-refractivity contribution is 9.09. The van der Waals surface area contributed by atoms with Gasteiger partial charge in [0.2, 0.25) is 0 Å². The Morgan fingerprint density at radius 2 is 2.06 bits per heavy atom. The lowest BCUT2D eigenvalue weighted by Crippen LogP contribution is -2.29. The Kier molecular flexibility index (Phi) is 6.05. The maximum Gasteiger partial charge on any atom is 0.251 e. The van der Waals surface area contributed by atoms with Gasteiger partial charge in [-0.3, -0.25) is 4.79 Å². The highest BCUT2D eigenvalue weighted by Gasteiger charge is 2.09. The van der Waals surface area contributed by atoms with E-state index in [4.69, 9.17) is 5.11 Å². The van der Waals surface area contributed by atoms with Gasteiger partial charge in [0.15, 0.2) is 0 Å². The fourth-order valence-electron chi connectivity index (χ4n) is 1.56. The molecule has 1 amide bonds. The van der Waals surface area contributed by atoms with Crippen LogP contribution >= 0.6 is 15.9 Å². The van der Waals surface area contributed by atoms with Gasteiger partial charge in [0.25, 0.3) is 5.91 Å². The molecule has 1 rings (SSSR count). The standard InChI is InChI=1S/C13H18BrNO2/c1-2-10(7-8-14)9-15-13(17)11-3-5-12(16)6-4-11/h3-6,10,16H,2,7-9H2,1H3,(H,15,17). The van der Waals surface area contributed by atoms with Crippen LogP contribution in [-0.4, -0.2) is 22.9 Å². The first-order valence-corrected chi connectivity index (χ1v) is 6.92. The van der Waals surface area contributed by atoms with E-state index in [2.05, 4.69) is 28.2 Å². The number of phenolic OH excluding ortho intramolecular Hbond substituents is 1. The van der Waals surface area contributed by atoms with Gasteiger partial charge in [0, 0.05) is 17.4 Å². The Bertz CT molecular complexity index is 351. The lowest BCUT2D eigenvalue weighted by molar-refractivity contribution is 0.0946. The van der Waals surface area contributed by atoms with Gasteiger partial charge < -0.3 is 10.4 Å². The number of phenols is 1. The van der Waals surface area contributed by atoms with E-state index in [1.165, 1.54) is 12.1 Å². The largest absolute Gasteiger partial charge is 0.508 e. The average molecular weight is 300 g/mol. The summed E-state index contributed by atoms with van der Waals surface area (Å²) in [5, 5.41) is 13.0. The first kappa shape index (κ1) is 14.0. The minimum Gasteiger partial charge on any atom is -0.508 e. The van der Waals surface area contributed by atoms with Crippen molar-refractivity contribution in [2.24, 2.45) is 5.92 Å². The summed E-state index contributed by atoms with van der Waals surface area (Å²) in [5.74, 6) is 0.598. The highest BCUT2D eigenvalue weighted by atomic mass is 79.9. The van der Waals surface area contributed by atoms with Crippen molar-refractivity contribution in [1.82, 2.24) is 5.32 Å². The van der Waals surface area contributed by atoms with E-state index in [1.807, 2.05) is 0 Å². The highest BCUT2D eigenvalue weighted by Crippen LogP contribution is 2.11. The molecule has 4 heteroatoms. The topological polar surface area (TPSA) is 49.3 Å². The third-order valence-electron chi connectivity index (χ3n) is 2.78. The molecule has 0 saturated carbocycles. The Morgan fingerprint density at radius 1 is 1.41 bits per heavy atom. The molecule has 94 valence electrons. The molecule has 0 aliphatic rings. The lowest BCUT2D eigenvalue weighted by Gasteiger charge is -2.14. The van der Waals surface area contributed by atoms with Crippen LogP contribution in [0.3, 0.4) is 0 Å². The number of aromatic hydroxyl groups is 1. The average Bonchev–Trinajstić information content (AvgIpc) is 2.35. The van der Waals surface area contributed by atoms with Crippen LogP contribution in [0.2, 0.25) is 0 Å². The number of benzene rings is 1. The summed E-state index contributed by atoms with van der Waals surface area (Å²) in [6.07, 6.45) is 2.12. The second kappa shape index (κ2) is 7.33. The normalized spacial score (nSPS) is 12.1. The molecule has 0 aliphatic carbocycles. The number of hydrogen-bond acceptors (Lipinski definition) is 2. The van der Waals surface area contributed by atoms with Gasteiger partial charge in [-0.15, -0.1) is 0 Å². The van der Waals surface area contributed by atoms with Crippen LogP contribution < -0.4 is 5.32 Å². The van der Waals surface area contributed by atoms with Crippen molar-refractivity contribution in [2.75, 3.05) is 11.9 Å². The van der Waals surface area contributed by atoms with E-state index in [1.54, 1.807) is 12.1 Å². The number of carbonyl (C=O) groups is 1. The second-order valence-corrected chi connectivity index (χ2v) is 4.80. The van der Waals surface area contributed by atoms with Crippen molar-refractivity contribution in [3.05, 3.63) is 29.8 Å². The van der Waals surface area contributed by atoms with Gasteiger partial charge in [-0.05, 0) is 36.6 Å². The van der Waals surface area contributed by atoms with E-state index in [9.17, 15) is 4.79 Å². The number of alkyl halides is 1. The molecule has 0 aromatic heterocycles. The molecule has 0 spiro atoms. The summed E-state index contributed by atoms with van der Waals surface area (Å²) in [6, 6.07) is 6.28. The molecular formula is C13H18BrNO2. The van der Waals surface area contributed by atoms with Crippen LogP contribution in [0.4, 0.5) is 0 Å². The Balaban J connectivity index is 2.46. The van der Waals surface area contributed by atoms with E-state index in [0.29, 0.717) is 18.0 Å². The van der Waals surface area contributed by atoms with Crippen LogP contribution in [0, 0.1) is 5.92 Å². The van der Waals surface area contributed by atoms with Crippen LogP contribution in [0.1, 0.15) is 30.1 Å². The molecule has 17 heavy (non-hydrogen) atoms. The summed E-state index contributed by atoms with van der Waals surface area (Å²) < 4.78 is 0. The van der Waals surface area contributed by atoms with Crippen LogP contribution in [0.15, 0.2) is 24.3 Å². The number of halogens is 1. The quantitative estimate of drug-likeness (QED) is 0.794. The molecule has 1 atom stereocenters. The van der Waals surface area contributed by atoms with Crippen LogP contribution in [0.25, 0.3) is 0 Å². The molecule has 1 aromatic carbocycles. The number of hydrogen-bond donors (Lipinski definition) is 2. The first-order valence-electron chi connectivity index (χ1n) is 5.80. The Morgan fingerprint density at radius 3 is 2.59 bits per heavy atom. The minimum absolute atomic E-state index is 0.0852.